The number of carbonyl (C=O) groups excluding carboxylic acids is 1. The van der Waals surface area contributed by atoms with Crippen LogP contribution in [-0.2, 0) is 15.7 Å². The molecule has 1 atom stereocenters. The number of aromatic nitrogens is 2. The number of nitrogens with one attached hydrogen (secondary N) is 2. The molecule has 1 heterocycles. The smallest absolute Gasteiger partial charge is 0.320 e. The Morgan fingerprint density at radius 1 is 1.32 bits per heavy atom. The van der Waals surface area contributed by atoms with Gasteiger partial charge >= 0.3 is 6.03 Å². The Balaban J connectivity index is 2.98. The van der Waals surface area contributed by atoms with Gasteiger partial charge in [0, 0.05) is 18.6 Å². The second-order valence-electron chi connectivity index (χ2n) is 7.70. The fraction of sp³-hybridized carbons (Fsp3) is 0.750. The summed E-state index contributed by atoms with van der Waals surface area (Å²) < 4.78 is 6.88. The van der Waals surface area contributed by atoms with Crippen molar-refractivity contribution in [2.24, 2.45) is 0 Å². The van der Waals surface area contributed by atoms with Crippen molar-refractivity contribution < 1.29 is 9.53 Å². The monoisotopic (exact) mass is 310 g/mol. The molecule has 0 aliphatic carbocycles. The van der Waals surface area contributed by atoms with Gasteiger partial charge in [-0.05, 0) is 27.7 Å². The van der Waals surface area contributed by atoms with Crippen LogP contribution in [0, 0.1) is 0 Å². The molecule has 0 radical (unpaired) electrons. The summed E-state index contributed by atoms with van der Waals surface area (Å²) in [5.41, 5.74) is 0.652. The summed E-state index contributed by atoms with van der Waals surface area (Å²) in [6.45, 7) is 14.9. The first-order chi connectivity index (χ1) is 9.95. The molecule has 1 rings (SSSR count). The summed E-state index contributed by atoms with van der Waals surface area (Å²) in [5.74, 6) is 0.694. The van der Waals surface area contributed by atoms with E-state index in [0.717, 1.165) is 5.69 Å². The predicted molar refractivity (Wildman–Crippen MR) is 89.4 cm³/mol. The predicted octanol–water partition coefficient (Wildman–Crippen LogP) is 3.09. The molecule has 0 bridgehead atoms. The van der Waals surface area contributed by atoms with Crippen molar-refractivity contribution >= 4 is 11.8 Å². The number of anilines is 1. The van der Waals surface area contributed by atoms with Gasteiger partial charge in [0.1, 0.15) is 5.82 Å². The number of ether oxygens (including phenoxy) is 1. The van der Waals surface area contributed by atoms with Crippen LogP contribution in [0.5, 0.6) is 0 Å². The molecular weight excluding hydrogens is 280 g/mol. The number of rotatable bonds is 4. The first-order valence-corrected chi connectivity index (χ1v) is 7.62. The second kappa shape index (κ2) is 6.69. The Morgan fingerprint density at radius 3 is 2.36 bits per heavy atom. The average Bonchev–Trinajstić information content (AvgIpc) is 2.72. The number of amides is 2. The molecule has 0 saturated heterocycles. The fourth-order valence-electron chi connectivity index (χ4n) is 2.02. The van der Waals surface area contributed by atoms with Crippen LogP contribution in [0.15, 0.2) is 6.07 Å². The van der Waals surface area contributed by atoms with E-state index < -0.39 is 0 Å². The zero-order valence-corrected chi connectivity index (χ0v) is 15.1. The van der Waals surface area contributed by atoms with E-state index >= 15 is 0 Å². The number of nitrogens with zero attached hydrogens (tertiary/aromatic N) is 2. The van der Waals surface area contributed by atoms with Crippen LogP contribution < -0.4 is 10.6 Å². The van der Waals surface area contributed by atoms with Crippen LogP contribution in [0.1, 0.15) is 54.2 Å². The van der Waals surface area contributed by atoms with E-state index in [1.807, 2.05) is 17.7 Å². The SMILES string of the molecule is COCC(C)NC(=O)Nc1cc(C(C)(C)C)nn1C(C)(C)C. The van der Waals surface area contributed by atoms with Crippen molar-refractivity contribution in [1.82, 2.24) is 15.1 Å². The van der Waals surface area contributed by atoms with Crippen molar-refractivity contribution in [3.63, 3.8) is 0 Å². The Bertz CT molecular complexity index is 509. The van der Waals surface area contributed by atoms with E-state index in [2.05, 4.69) is 57.3 Å². The maximum atomic E-state index is 12.1. The van der Waals surface area contributed by atoms with Gasteiger partial charge in [0.2, 0.25) is 0 Å². The molecule has 0 aliphatic heterocycles. The summed E-state index contributed by atoms with van der Waals surface area (Å²) in [6, 6.07) is 1.62. The Kier molecular flexibility index (Phi) is 5.62. The van der Waals surface area contributed by atoms with Crippen LogP contribution in [0.2, 0.25) is 0 Å². The molecule has 6 nitrogen and oxygen atoms in total. The topological polar surface area (TPSA) is 68.2 Å². The van der Waals surface area contributed by atoms with Crippen LogP contribution >= 0.6 is 0 Å². The number of hydrogen-bond donors (Lipinski definition) is 2. The third-order valence-corrected chi connectivity index (χ3v) is 3.15. The summed E-state index contributed by atoms with van der Waals surface area (Å²) in [5, 5.41) is 10.4. The molecule has 0 fully saturated rings. The summed E-state index contributed by atoms with van der Waals surface area (Å²) >= 11 is 0. The lowest BCUT2D eigenvalue weighted by Gasteiger charge is -2.23. The standard InChI is InChI=1S/C16H30N4O2/c1-11(10-22-8)17-14(21)18-13-9-12(15(2,3)4)19-20(13)16(5,6)7/h9,11H,10H2,1-8H3,(H2,17,18,21). The lowest BCUT2D eigenvalue weighted by molar-refractivity contribution is 0.173. The molecule has 0 aromatic carbocycles. The molecule has 22 heavy (non-hydrogen) atoms. The molecule has 1 unspecified atom stereocenters. The van der Waals surface area contributed by atoms with Gasteiger partial charge in [-0.15, -0.1) is 0 Å². The van der Waals surface area contributed by atoms with Crippen LogP contribution in [0.3, 0.4) is 0 Å². The summed E-state index contributed by atoms with van der Waals surface area (Å²) in [6.07, 6.45) is 0. The highest BCUT2D eigenvalue weighted by atomic mass is 16.5. The van der Waals surface area contributed by atoms with E-state index in [1.165, 1.54) is 0 Å². The number of carbonyl (C=O) groups is 1. The van der Waals surface area contributed by atoms with Crippen LogP contribution in [-0.4, -0.2) is 35.6 Å². The zero-order valence-electron chi connectivity index (χ0n) is 15.1. The van der Waals surface area contributed by atoms with E-state index in [0.29, 0.717) is 12.4 Å². The van der Waals surface area contributed by atoms with Gasteiger partial charge in [0.15, 0.2) is 0 Å². The van der Waals surface area contributed by atoms with E-state index in [4.69, 9.17) is 4.74 Å². The highest BCUT2D eigenvalue weighted by Gasteiger charge is 2.25. The Morgan fingerprint density at radius 2 is 1.91 bits per heavy atom. The van der Waals surface area contributed by atoms with E-state index in [9.17, 15) is 4.79 Å². The van der Waals surface area contributed by atoms with Crippen molar-refractivity contribution in [3.8, 4) is 0 Å². The molecule has 0 spiro atoms. The van der Waals surface area contributed by atoms with Gasteiger partial charge < -0.3 is 10.1 Å². The van der Waals surface area contributed by atoms with Crippen molar-refractivity contribution in [2.45, 2.75) is 65.5 Å². The summed E-state index contributed by atoms with van der Waals surface area (Å²) in [7, 11) is 1.61. The number of hydrogen-bond acceptors (Lipinski definition) is 3. The van der Waals surface area contributed by atoms with Gasteiger partial charge in [-0.3, -0.25) is 5.32 Å². The molecule has 2 amide bonds. The molecular formula is C16H30N4O2. The normalized spacial score (nSPS) is 13.8. The van der Waals surface area contributed by atoms with Crippen LogP contribution in [0.25, 0.3) is 0 Å². The minimum atomic E-state index is -0.254. The lowest BCUT2D eigenvalue weighted by Crippen LogP contribution is -2.39. The molecule has 1 aromatic heterocycles. The first-order valence-electron chi connectivity index (χ1n) is 7.62. The molecule has 126 valence electrons. The molecule has 0 aliphatic rings. The van der Waals surface area contributed by atoms with Crippen LogP contribution in [0.4, 0.5) is 10.6 Å². The summed E-state index contributed by atoms with van der Waals surface area (Å²) in [4.78, 5) is 12.1. The van der Waals surface area contributed by atoms with Gasteiger partial charge in [0.25, 0.3) is 0 Å². The Hall–Kier alpha value is -1.56. The van der Waals surface area contributed by atoms with Gasteiger partial charge in [-0.25, -0.2) is 9.48 Å². The first kappa shape index (κ1) is 18.5. The maximum absolute atomic E-state index is 12.1. The lowest BCUT2D eigenvalue weighted by atomic mass is 9.92. The fourth-order valence-corrected chi connectivity index (χ4v) is 2.02. The highest BCUT2D eigenvalue weighted by molar-refractivity contribution is 5.88. The van der Waals surface area contributed by atoms with Crippen molar-refractivity contribution in [2.75, 3.05) is 19.0 Å². The number of methoxy groups -OCH3 is 1. The van der Waals surface area contributed by atoms with Crippen molar-refractivity contribution in [3.05, 3.63) is 11.8 Å². The molecule has 2 N–H and O–H groups in total. The molecule has 6 heteroatoms. The quantitative estimate of drug-likeness (QED) is 0.898. The maximum Gasteiger partial charge on any atom is 0.320 e. The number of urea groups is 1. The third kappa shape index (κ3) is 5.02. The minimum absolute atomic E-state index is 0.0573. The Labute approximate surface area is 133 Å². The van der Waals surface area contributed by atoms with Crippen molar-refractivity contribution in [1.29, 1.82) is 0 Å². The average molecular weight is 310 g/mol. The highest BCUT2D eigenvalue weighted by Crippen LogP contribution is 2.28. The zero-order chi connectivity index (χ0) is 17.1. The van der Waals surface area contributed by atoms with E-state index in [-0.39, 0.29) is 23.0 Å². The minimum Gasteiger partial charge on any atom is -0.383 e. The molecule has 1 aromatic rings. The van der Waals surface area contributed by atoms with Gasteiger partial charge in [0.05, 0.1) is 23.9 Å². The van der Waals surface area contributed by atoms with Gasteiger partial charge in [-0.2, -0.15) is 5.10 Å². The van der Waals surface area contributed by atoms with Gasteiger partial charge in [-0.1, -0.05) is 20.8 Å². The second-order valence-corrected chi connectivity index (χ2v) is 7.70. The van der Waals surface area contributed by atoms with E-state index in [1.54, 1.807) is 7.11 Å². The molecule has 0 saturated carbocycles. The third-order valence-electron chi connectivity index (χ3n) is 3.15. The largest absolute Gasteiger partial charge is 0.383 e.